The summed E-state index contributed by atoms with van der Waals surface area (Å²) in [5.41, 5.74) is -0.914. The molecule has 0 aromatic heterocycles. The molecule has 0 unspecified atom stereocenters. The van der Waals surface area contributed by atoms with E-state index < -0.39 is 11.6 Å². The molecule has 14 heavy (non-hydrogen) atoms. The normalized spacial score (nSPS) is 18.5. The number of alkyl halides is 1. The van der Waals surface area contributed by atoms with Crippen molar-refractivity contribution in [2.75, 3.05) is 6.61 Å². The van der Waals surface area contributed by atoms with Crippen LogP contribution in [0.5, 0.6) is 0 Å². The van der Waals surface area contributed by atoms with Gasteiger partial charge in [-0.05, 0) is 25.7 Å². The summed E-state index contributed by atoms with van der Waals surface area (Å²) in [5.74, 6) is -0.833. The number of hydrogen-bond acceptors (Lipinski definition) is 2. The second-order valence-electron chi connectivity index (χ2n) is 3.70. The van der Waals surface area contributed by atoms with Gasteiger partial charge in [0.2, 0.25) is 0 Å². The Balaban J connectivity index is 0.000000364. The molecule has 1 saturated carbocycles. The van der Waals surface area contributed by atoms with E-state index in [4.69, 9.17) is 15.0 Å². The Kier molecular flexibility index (Phi) is 6.45. The number of aliphatic hydroxyl groups excluding tert-OH is 1. The first-order chi connectivity index (χ1) is 6.50. The lowest BCUT2D eigenvalue weighted by molar-refractivity contribution is -0.134. The SMILES string of the molecule is CC(=O)O.OCCCC1(F)CCCC1. The highest BCUT2D eigenvalue weighted by molar-refractivity contribution is 5.62. The zero-order chi connectivity index (χ0) is 11.0. The van der Waals surface area contributed by atoms with Crippen molar-refractivity contribution in [3.8, 4) is 0 Å². The second kappa shape index (κ2) is 6.76. The largest absolute Gasteiger partial charge is 0.481 e. The quantitative estimate of drug-likeness (QED) is 0.743. The number of halogens is 1. The van der Waals surface area contributed by atoms with Gasteiger partial charge in [0.05, 0.1) is 0 Å². The number of hydrogen-bond donors (Lipinski definition) is 2. The van der Waals surface area contributed by atoms with E-state index in [0.29, 0.717) is 25.7 Å². The molecule has 0 aromatic rings. The van der Waals surface area contributed by atoms with Gasteiger partial charge in [0.15, 0.2) is 0 Å². The standard InChI is InChI=1S/C8H15FO.C2H4O2/c9-8(6-3-7-10)4-1-2-5-8;1-2(3)4/h10H,1-7H2;1H3,(H,3,4). The molecule has 1 aliphatic rings. The minimum absolute atomic E-state index is 0.131. The van der Waals surface area contributed by atoms with Crippen LogP contribution in [0.3, 0.4) is 0 Å². The minimum atomic E-state index is -0.914. The third-order valence-electron chi connectivity index (χ3n) is 2.28. The third kappa shape index (κ3) is 6.83. The first-order valence-corrected chi connectivity index (χ1v) is 4.99. The van der Waals surface area contributed by atoms with Crippen molar-refractivity contribution < 1.29 is 19.4 Å². The van der Waals surface area contributed by atoms with Crippen LogP contribution in [0.2, 0.25) is 0 Å². The van der Waals surface area contributed by atoms with E-state index in [1.165, 1.54) is 0 Å². The van der Waals surface area contributed by atoms with Crippen LogP contribution in [-0.4, -0.2) is 28.5 Å². The number of carboxylic acid groups (broad SMARTS) is 1. The van der Waals surface area contributed by atoms with Crippen LogP contribution in [0.4, 0.5) is 4.39 Å². The fraction of sp³-hybridized carbons (Fsp3) is 0.900. The molecule has 3 nitrogen and oxygen atoms in total. The summed E-state index contributed by atoms with van der Waals surface area (Å²) in [6.45, 7) is 1.21. The molecule has 84 valence electrons. The number of rotatable bonds is 3. The van der Waals surface area contributed by atoms with E-state index in [1.54, 1.807) is 0 Å². The molecule has 0 aromatic carbocycles. The molecule has 2 N–H and O–H groups in total. The summed E-state index contributed by atoms with van der Waals surface area (Å²) in [5, 5.41) is 15.9. The van der Waals surface area contributed by atoms with E-state index in [-0.39, 0.29) is 6.61 Å². The van der Waals surface area contributed by atoms with Crippen LogP contribution >= 0.6 is 0 Å². The number of carbonyl (C=O) groups is 1. The van der Waals surface area contributed by atoms with Crippen molar-refractivity contribution >= 4 is 5.97 Å². The Hall–Kier alpha value is -0.640. The predicted octanol–water partition coefficient (Wildman–Crippen LogP) is 2.13. The summed E-state index contributed by atoms with van der Waals surface area (Å²) in [7, 11) is 0. The topological polar surface area (TPSA) is 57.5 Å². The van der Waals surface area contributed by atoms with Crippen LogP contribution in [-0.2, 0) is 4.79 Å². The van der Waals surface area contributed by atoms with Crippen molar-refractivity contribution in [2.24, 2.45) is 0 Å². The molecule has 0 spiro atoms. The summed E-state index contributed by atoms with van der Waals surface area (Å²) in [6, 6.07) is 0. The number of carboxylic acids is 1. The van der Waals surface area contributed by atoms with E-state index in [1.807, 2.05) is 0 Å². The maximum absolute atomic E-state index is 13.4. The predicted molar refractivity (Wildman–Crippen MR) is 51.9 cm³/mol. The zero-order valence-corrected chi connectivity index (χ0v) is 8.63. The second-order valence-corrected chi connectivity index (χ2v) is 3.70. The van der Waals surface area contributed by atoms with Gasteiger partial charge in [-0.2, -0.15) is 0 Å². The average Bonchev–Trinajstić information content (AvgIpc) is 2.48. The van der Waals surface area contributed by atoms with Crippen molar-refractivity contribution in [1.29, 1.82) is 0 Å². The fourth-order valence-electron chi connectivity index (χ4n) is 1.65. The molecule has 1 aliphatic carbocycles. The Morgan fingerprint density at radius 3 is 2.21 bits per heavy atom. The minimum Gasteiger partial charge on any atom is -0.481 e. The van der Waals surface area contributed by atoms with Gasteiger partial charge in [-0.1, -0.05) is 12.8 Å². The fourth-order valence-corrected chi connectivity index (χ4v) is 1.65. The summed E-state index contributed by atoms with van der Waals surface area (Å²) in [4.78, 5) is 9.00. The number of aliphatic carboxylic acids is 1. The van der Waals surface area contributed by atoms with Crippen molar-refractivity contribution in [1.82, 2.24) is 0 Å². The van der Waals surface area contributed by atoms with Crippen molar-refractivity contribution in [3.05, 3.63) is 0 Å². The van der Waals surface area contributed by atoms with Crippen LogP contribution in [0.15, 0.2) is 0 Å². The highest BCUT2D eigenvalue weighted by Gasteiger charge is 2.32. The van der Waals surface area contributed by atoms with Gasteiger partial charge in [-0.3, -0.25) is 4.79 Å². The molecule has 0 amide bonds. The van der Waals surface area contributed by atoms with E-state index in [9.17, 15) is 4.39 Å². The summed E-state index contributed by atoms with van der Waals surface area (Å²) in [6.07, 6.45) is 4.67. The lowest BCUT2D eigenvalue weighted by Gasteiger charge is -2.17. The smallest absolute Gasteiger partial charge is 0.300 e. The van der Waals surface area contributed by atoms with Crippen LogP contribution < -0.4 is 0 Å². The Morgan fingerprint density at radius 1 is 1.43 bits per heavy atom. The van der Waals surface area contributed by atoms with Gasteiger partial charge in [0, 0.05) is 13.5 Å². The first-order valence-electron chi connectivity index (χ1n) is 4.99. The average molecular weight is 206 g/mol. The van der Waals surface area contributed by atoms with Crippen molar-refractivity contribution in [3.63, 3.8) is 0 Å². The van der Waals surface area contributed by atoms with Gasteiger partial charge in [-0.25, -0.2) is 4.39 Å². The van der Waals surface area contributed by atoms with E-state index in [2.05, 4.69) is 0 Å². The van der Waals surface area contributed by atoms with Crippen LogP contribution in [0, 0.1) is 0 Å². The molecule has 4 heteroatoms. The van der Waals surface area contributed by atoms with Gasteiger partial charge < -0.3 is 10.2 Å². The van der Waals surface area contributed by atoms with Crippen LogP contribution in [0.25, 0.3) is 0 Å². The summed E-state index contributed by atoms with van der Waals surface area (Å²) < 4.78 is 13.4. The first kappa shape index (κ1) is 13.4. The van der Waals surface area contributed by atoms with Gasteiger partial charge in [0.1, 0.15) is 5.67 Å². The Morgan fingerprint density at radius 2 is 1.86 bits per heavy atom. The molecular formula is C10H19FO3. The van der Waals surface area contributed by atoms with E-state index >= 15 is 0 Å². The monoisotopic (exact) mass is 206 g/mol. The Bertz CT molecular complexity index is 161. The summed E-state index contributed by atoms with van der Waals surface area (Å²) >= 11 is 0. The molecule has 0 radical (unpaired) electrons. The maximum atomic E-state index is 13.4. The lowest BCUT2D eigenvalue weighted by atomic mass is 9.98. The van der Waals surface area contributed by atoms with Gasteiger partial charge in [-0.15, -0.1) is 0 Å². The van der Waals surface area contributed by atoms with Gasteiger partial charge >= 0.3 is 0 Å². The van der Waals surface area contributed by atoms with Crippen molar-refractivity contribution in [2.45, 2.75) is 51.1 Å². The molecule has 0 atom stereocenters. The van der Waals surface area contributed by atoms with Gasteiger partial charge in [0.25, 0.3) is 5.97 Å². The highest BCUT2D eigenvalue weighted by atomic mass is 19.1. The lowest BCUT2D eigenvalue weighted by Crippen LogP contribution is -2.17. The van der Waals surface area contributed by atoms with E-state index in [0.717, 1.165) is 19.8 Å². The molecule has 0 heterocycles. The Labute approximate surface area is 83.9 Å². The molecule has 0 bridgehead atoms. The highest BCUT2D eigenvalue weighted by Crippen LogP contribution is 2.36. The maximum Gasteiger partial charge on any atom is 0.300 e. The molecular weight excluding hydrogens is 187 g/mol. The third-order valence-corrected chi connectivity index (χ3v) is 2.28. The van der Waals surface area contributed by atoms with Crippen LogP contribution in [0.1, 0.15) is 45.4 Å². The zero-order valence-electron chi connectivity index (χ0n) is 8.63. The molecule has 1 fully saturated rings. The molecule has 0 aliphatic heterocycles. The molecule has 0 saturated heterocycles. The molecule has 1 rings (SSSR count). The number of aliphatic hydroxyl groups is 1.